The average Bonchev–Trinajstić information content (AvgIpc) is 2.82. The van der Waals surface area contributed by atoms with Gasteiger partial charge in [0.15, 0.2) is 0 Å². The van der Waals surface area contributed by atoms with Crippen LogP contribution in [0.15, 0.2) is 34.9 Å². The number of para-hydroxylation sites is 1. The molecule has 2 atom stereocenters. The van der Waals surface area contributed by atoms with Gasteiger partial charge in [-0.15, -0.1) is 12.4 Å². The molecule has 5 heteroatoms. The molecular weight excluding hydrogens is 276 g/mol. The molecule has 1 amide bonds. The molecule has 0 radical (unpaired) electrons. The predicted molar refractivity (Wildman–Crippen MR) is 81.4 cm³/mol. The third kappa shape index (κ3) is 2.97. The molecule has 0 spiro atoms. The quantitative estimate of drug-likeness (QED) is 0.895. The molecule has 1 aliphatic heterocycles. The number of hydrogen-bond acceptors (Lipinski definition) is 3. The molecule has 1 saturated heterocycles. The number of furan rings is 1. The average molecular weight is 295 g/mol. The third-order valence-electron chi connectivity index (χ3n) is 3.68. The van der Waals surface area contributed by atoms with Crippen molar-refractivity contribution in [3.63, 3.8) is 0 Å². The lowest BCUT2D eigenvalue weighted by molar-refractivity contribution is 0.0926. The van der Waals surface area contributed by atoms with Crippen molar-refractivity contribution in [1.29, 1.82) is 0 Å². The largest absolute Gasteiger partial charge is 0.463 e. The molecule has 1 aliphatic rings. The van der Waals surface area contributed by atoms with Crippen LogP contribution in [0.25, 0.3) is 11.0 Å². The summed E-state index contributed by atoms with van der Waals surface area (Å²) in [4.78, 5) is 12.3. The number of carbonyl (C=O) groups excluding carboxylic acids is 1. The minimum absolute atomic E-state index is 0. The monoisotopic (exact) mass is 294 g/mol. The second-order valence-electron chi connectivity index (χ2n) is 5.20. The van der Waals surface area contributed by atoms with Gasteiger partial charge in [-0.05, 0) is 32.4 Å². The van der Waals surface area contributed by atoms with E-state index in [4.69, 9.17) is 4.42 Å². The first kappa shape index (κ1) is 14.9. The zero-order valence-electron chi connectivity index (χ0n) is 11.4. The van der Waals surface area contributed by atoms with Crippen molar-refractivity contribution < 1.29 is 9.21 Å². The summed E-state index contributed by atoms with van der Waals surface area (Å²) < 4.78 is 5.41. The number of piperidine rings is 1. The molecular formula is C15H19ClN2O2. The first-order valence-corrected chi connectivity index (χ1v) is 6.74. The van der Waals surface area contributed by atoms with Crippen LogP contribution in [0.1, 0.15) is 30.1 Å². The van der Waals surface area contributed by atoms with Crippen LogP contribution < -0.4 is 10.6 Å². The normalized spacial score (nSPS) is 22.2. The summed E-state index contributed by atoms with van der Waals surface area (Å²) in [5.74, 6) is -0.0379. The first-order chi connectivity index (χ1) is 9.24. The van der Waals surface area contributed by atoms with E-state index >= 15 is 0 Å². The maximum atomic E-state index is 12.3. The first-order valence-electron chi connectivity index (χ1n) is 6.74. The molecule has 2 aromatic rings. The molecule has 20 heavy (non-hydrogen) atoms. The Kier molecular flexibility index (Phi) is 4.68. The van der Waals surface area contributed by atoms with Crippen molar-refractivity contribution in [2.24, 2.45) is 0 Å². The van der Waals surface area contributed by atoms with Crippen LogP contribution in [0.5, 0.6) is 0 Å². The van der Waals surface area contributed by atoms with E-state index in [9.17, 15) is 4.79 Å². The van der Waals surface area contributed by atoms with Gasteiger partial charge in [-0.1, -0.05) is 18.2 Å². The third-order valence-corrected chi connectivity index (χ3v) is 3.68. The van der Waals surface area contributed by atoms with Gasteiger partial charge in [0.1, 0.15) is 11.8 Å². The fraction of sp³-hybridized carbons (Fsp3) is 0.400. The second kappa shape index (κ2) is 6.29. The number of fused-ring (bicyclic) bond motifs is 1. The van der Waals surface area contributed by atoms with Gasteiger partial charge in [-0.3, -0.25) is 4.79 Å². The molecule has 0 saturated carbocycles. The highest BCUT2D eigenvalue weighted by Crippen LogP contribution is 2.21. The van der Waals surface area contributed by atoms with Crippen LogP contribution >= 0.6 is 12.4 Å². The molecule has 2 unspecified atom stereocenters. The minimum atomic E-state index is -0.0379. The van der Waals surface area contributed by atoms with E-state index in [1.807, 2.05) is 24.3 Å². The maximum absolute atomic E-state index is 12.3. The van der Waals surface area contributed by atoms with Gasteiger partial charge >= 0.3 is 0 Å². The van der Waals surface area contributed by atoms with Gasteiger partial charge in [0.2, 0.25) is 0 Å². The summed E-state index contributed by atoms with van der Waals surface area (Å²) in [5.41, 5.74) is 1.38. The Bertz CT molecular complexity index is 596. The minimum Gasteiger partial charge on any atom is -0.463 e. The standard InChI is InChI=1S/C15H18N2O2.ClH/c1-10-8-11(6-7-16-10)17-15(18)13-9-19-14-5-3-2-4-12(13)14;/h2-5,9-11,16H,6-8H2,1H3,(H,17,18);1H. The molecule has 4 nitrogen and oxygen atoms in total. The van der Waals surface area contributed by atoms with Crippen molar-refractivity contribution in [3.8, 4) is 0 Å². The Labute approximate surface area is 124 Å². The van der Waals surface area contributed by atoms with Crippen LogP contribution in [0.4, 0.5) is 0 Å². The zero-order valence-corrected chi connectivity index (χ0v) is 12.2. The lowest BCUT2D eigenvalue weighted by atomic mass is 10.0. The fourth-order valence-corrected chi connectivity index (χ4v) is 2.68. The van der Waals surface area contributed by atoms with Crippen molar-refractivity contribution >= 4 is 29.3 Å². The Balaban J connectivity index is 0.00000147. The molecule has 0 bridgehead atoms. The Morgan fingerprint density at radius 1 is 1.40 bits per heavy atom. The molecule has 1 aromatic heterocycles. The maximum Gasteiger partial charge on any atom is 0.255 e. The molecule has 0 aliphatic carbocycles. The van der Waals surface area contributed by atoms with E-state index < -0.39 is 0 Å². The SMILES string of the molecule is CC1CC(NC(=O)c2coc3ccccc23)CCN1.Cl. The second-order valence-corrected chi connectivity index (χ2v) is 5.20. The number of halogens is 1. The summed E-state index contributed by atoms with van der Waals surface area (Å²) in [6.07, 6.45) is 3.50. The number of carbonyl (C=O) groups is 1. The molecule has 108 valence electrons. The fourth-order valence-electron chi connectivity index (χ4n) is 2.68. The van der Waals surface area contributed by atoms with Crippen LogP contribution in [0, 0.1) is 0 Å². The van der Waals surface area contributed by atoms with E-state index in [1.54, 1.807) is 6.26 Å². The van der Waals surface area contributed by atoms with E-state index in [2.05, 4.69) is 17.6 Å². The number of amides is 1. The Morgan fingerprint density at radius 2 is 2.20 bits per heavy atom. The number of benzene rings is 1. The summed E-state index contributed by atoms with van der Waals surface area (Å²) in [7, 11) is 0. The molecule has 2 heterocycles. The van der Waals surface area contributed by atoms with E-state index in [-0.39, 0.29) is 24.4 Å². The Hall–Kier alpha value is -1.52. The number of rotatable bonds is 2. The smallest absolute Gasteiger partial charge is 0.255 e. The number of nitrogens with one attached hydrogen (secondary N) is 2. The zero-order chi connectivity index (χ0) is 13.2. The summed E-state index contributed by atoms with van der Waals surface area (Å²) in [6, 6.07) is 8.32. The highest BCUT2D eigenvalue weighted by atomic mass is 35.5. The van der Waals surface area contributed by atoms with Crippen LogP contribution in [0.2, 0.25) is 0 Å². The van der Waals surface area contributed by atoms with Crippen molar-refractivity contribution in [2.45, 2.75) is 31.8 Å². The van der Waals surface area contributed by atoms with Gasteiger partial charge in [0, 0.05) is 17.5 Å². The Morgan fingerprint density at radius 3 is 3.00 bits per heavy atom. The number of hydrogen-bond donors (Lipinski definition) is 2. The molecule has 1 aromatic carbocycles. The van der Waals surface area contributed by atoms with Crippen LogP contribution in [-0.2, 0) is 0 Å². The topological polar surface area (TPSA) is 54.3 Å². The van der Waals surface area contributed by atoms with E-state index in [0.717, 1.165) is 30.4 Å². The van der Waals surface area contributed by atoms with E-state index in [0.29, 0.717) is 11.6 Å². The van der Waals surface area contributed by atoms with Gasteiger partial charge in [0.25, 0.3) is 5.91 Å². The lowest BCUT2D eigenvalue weighted by Crippen LogP contribution is -2.46. The van der Waals surface area contributed by atoms with Gasteiger partial charge < -0.3 is 15.1 Å². The summed E-state index contributed by atoms with van der Waals surface area (Å²) in [6.45, 7) is 3.10. The highest BCUT2D eigenvalue weighted by molar-refractivity contribution is 6.05. The molecule has 2 N–H and O–H groups in total. The summed E-state index contributed by atoms with van der Waals surface area (Å²) in [5, 5.41) is 7.36. The highest BCUT2D eigenvalue weighted by Gasteiger charge is 2.22. The van der Waals surface area contributed by atoms with Crippen molar-refractivity contribution in [3.05, 3.63) is 36.1 Å². The summed E-state index contributed by atoms with van der Waals surface area (Å²) >= 11 is 0. The van der Waals surface area contributed by atoms with Gasteiger partial charge in [0.05, 0.1) is 5.56 Å². The van der Waals surface area contributed by atoms with Crippen molar-refractivity contribution in [2.75, 3.05) is 6.54 Å². The molecule has 3 rings (SSSR count). The molecule has 1 fully saturated rings. The van der Waals surface area contributed by atoms with Crippen molar-refractivity contribution in [1.82, 2.24) is 10.6 Å². The van der Waals surface area contributed by atoms with Gasteiger partial charge in [-0.2, -0.15) is 0 Å². The lowest BCUT2D eigenvalue weighted by Gasteiger charge is -2.28. The van der Waals surface area contributed by atoms with E-state index in [1.165, 1.54) is 0 Å². The van der Waals surface area contributed by atoms with Crippen LogP contribution in [-0.4, -0.2) is 24.5 Å². The van der Waals surface area contributed by atoms with Gasteiger partial charge in [-0.25, -0.2) is 0 Å². The predicted octanol–water partition coefficient (Wildman–Crippen LogP) is 2.72. The van der Waals surface area contributed by atoms with Crippen LogP contribution in [0.3, 0.4) is 0 Å².